The summed E-state index contributed by atoms with van der Waals surface area (Å²) in [5.74, 6) is -0.509. The van der Waals surface area contributed by atoms with Crippen molar-refractivity contribution in [1.29, 1.82) is 5.26 Å². The third-order valence-electron chi connectivity index (χ3n) is 4.16. The summed E-state index contributed by atoms with van der Waals surface area (Å²) in [6, 6.07) is 9.87. The number of ether oxygens (including phenoxy) is 1. The number of hydrogen-bond donors (Lipinski definition) is 0. The highest BCUT2D eigenvalue weighted by atomic mass is 35.5. The normalized spacial score (nSPS) is 14.1. The third-order valence-corrected chi connectivity index (χ3v) is 4.72. The number of ketones is 1. The molecule has 0 saturated heterocycles. The molecular formula is C19H11Cl2N5O3. The highest BCUT2D eigenvalue weighted by molar-refractivity contribution is 6.50. The van der Waals surface area contributed by atoms with E-state index in [1.807, 2.05) is 19.3 Å². The summed E-state index contributed by atoms with van der Waals surface area (Å²) in [7, 11) is 1.82. The molecular weight excluding hydrogens is 417 g/mol. The molecule has 0 radical (unpaired) electrons. The second-order valence-electron chi connectivity index (χ2n) is 6.23. The van der Waals surface area contributed by atoms with Crippen LogP contribution in [0, 0.1) is 11.3 Å². The van der Waals surface area contributed by atoms with Gasteiger partial charge >= 0.3 is 0 Å². The molecule has 8 nitrogen and oxygen atoms in total. The SMILES string of the molecule is Cn1cc2cc(Oc3c(Cl)cc(N4N=C(C#N)C(=O)CC4=O)cc3Cl)ccc2n1. The van der Waals surface area contributed by atoms with Crippen molar-refractivity contribution >= 4 is 57.2 Å². The van der Waals surface area contributed by atoms with Crippen molar-refractivity contribution in [3.8, 4) is 17.6 Å². The number of aromatic nitrogens is 2. The second-order valence-corrected chi connectivity index (χ2v) is 7.04. The van der Waals surface area contributed by atoms with E-state index in [1.165, 1.54) is 12.1 Å². The van der Waals surface area contributed by atoms with Crippen LogP contribution in [0.1, 0.15) is 6.42 Å². The van der Waals surface area contributed by atoms with Gasteiger partial charge in [-0.15, -0.1) is 0 Å². The van der Waals surface area contributed by atoms with Crippen molar-refractivity contribution in [2.24, 2.45) is 12.1 Å². The van der Waals surface area contributed by atoms with Crippen molar-refractivity contribution in [3.63, 3.8) is 0 Å². The zero-order valence-electron chi connectivity index (χ0n) is 14.9. The van der Waals surface area contributed by atoms with Crippen LogP contribution in [0.5, 0.6) is 11.5 Å². The number of fused-ring (bicyclic) bond motifs is 1. The Bertz CT molecular complexity index is 1240. The molecule has 0 N–H and O–H groups in total. The van der Waals surface area contributed by atoms with Gasteiger partial charge in [-0.1, -0.05) is 23.2 Å². The lowest BCUT2D eigenvalue weighted by molar-refractivity contribution is -0.124. The Balaban J connectivity index is 1.68. The summed E-state index contributed by atoms with van der Waals surface area (Å²) in [4.78, 5) is 23.8. The molecule has 3 aromatic rings. The summed E-state index contributed by atoms with van der Waals surface area (Å²) >= 11 is 12.7. The van der Waals surface area contributed by atoms with Crippen LogP contribution in [0.4, 0.5) is 5.69 Å². The third kappa shape index (κ3) is 3.53. The first kappa shape index (κ1) is 18.9. The van der Waals surface area contributed by atoms with E-state index in [9.17, 15) is 9.59 Å². The Hall–Kier alpha value is -3.41. The fourth-order valence-electron chi connectivity index (χ4n) is 2.87. The smallest absolute Gasteiger partial charge is 0.255 e. The summed E-state index contributed by atoms with van der Waals surface area (Å²) in [5.41, 5.74) is 0.680. The van der Waals surface area contributed by atoms with Gasteiger partial charge in [0.05, 0.1) is 27.7 Å². The Morgan fingerprint density at radius 2 is 1.90 bits per heavy atom. The number of nitrogens with zero attached hydrogens (tertiary/aromatic N) is 5. The van der Waals surface area contributed by atoms with Crippen molar-refractivity contribution in [3.05, 3.63) is 46.6 Å². The molecule has 1 aromatic heterocycles. The van der Waals surface area contributed by atoms with Crippen molar-refractivity contribution in [1.82, 2.24) is 9.78 Å². The first-order valence-electron chi connectivity index (χ1n) is 8.31. The minimum atomic E-state index is -0.628. The van der Waals surface area contributed by atoms with E-state index in [0.29, 0.717) is 5.75 Å². The van der Waals surface area contributed by atoms with Crippen LogP contribution in [0.3, 0.4) is 0 Å². The van der Waals surface area contributed by atoms with Crippen LogP contribution in [0.15, 0.2) is 41.6 Å². The molecule has 0 aliphatic carbocycles. The van der Waals surface area contributed by atoms with Crippen LogP contribution in [0.2, 0.25) is 10.0 Å². The van der Waals surface area contributed by atoms with Gasteiger partial charge < -0.3 is 4.74 Å². The van der Waals surface area contributed by atoms with Crippen LogP contribution < -0.4 is 9.75 Å². The highest BCUT2D eigenvalue weighted by Crippen LogP contribution is 2.40. The molecule has 0 atom stereocenters. The van der Waals surface area contributed by atoms with E-state index < -0.39 is 18.1 Å². The fraction of sp³-hybridized carbons (Fsp3) is 0.105. The summed E-state index contributed by atoms with van der Waals surface area (Å²) in [5, 5.41) is 19.2. The predicted molar refractivity (Wildman–Crippen MR) is 107 cm³/mol. The molecule has 0 bridgehead atoms. The number of aryl methyl sites for hydroxylation is 1. The average molecular weight is 428 g/mol. The average Bonchev–Trinajstić information content (AvgIpc) is 3.04. The number of halogens is 2. The molecule has 2 aromatic carbocycles. The Morgan fingerprint density at radius 3 is 2.59 bits per heavy atom. The van der Waals surface area contributed by atoms with Gasteiger partial charge in [0.1, 0.15) is 11.8 Å². The van der Waals surface area contributed by atoms with Crippen molar-refractivity contribution in [2.75, 3.05) is 5.01 Å². The first-order valence-corrected chi connectivity index (χ1v) is 9.06. The molecule has 1 amide bonds. The monoisotopic (exact) mass is 427 g/mol. The Kier molecular flexibility index (Phi) is 4.70. The van der Waals surface area contributed by atoms with E-state index in [0.717, 1.165) is 15.9 Å². The largest absolute Gasteiger partial charge is 0.454 e. The van der Waals surface area contributed by atoms with E-state index in [1.54, 1.807) is 22.9 Å². The number of carbonyl (C=O) groups is 2. The topological polar surface area (TPSA) is 101 Å². The van der Waals surface area contributed by atoms with Gasteiger partial charge in [0.2, 0.25) is 11.5 Å². The van der Waals surface area contributed by atoms with Gasteiger partial charge in [0, 0.05) is 18.6 Å². The zero-order chi connectivity index (χ0) is 20.7. The summed E-state index contributed by atoms with van der Waals surface area (Å²) in [6.45, 7) is 0. The number of hydrazone groups is 1. The Labute approximate surface area is 174 Å². The second kappa shape index (κ2) is 7.20. The predicted octanol–water partition coefficient (Wildman–Crippen LogP) is 3.86. The number of hydrogen-bond acceptors (Lipinski definition) is 6. The standard InChI is InChI=1S/C19H11Cl2N5O3/c1-25-9-10-4-12(2-3-15(10)23-25)29-19-13(20)5-11(6-14(19)21)26-18(28)7-17(27)16(8-22)24-26/h2-6,9H,7H2,1H3. The molecule has 29 heavy (non-hydrogen) atoms. The number of anilines is 1. The van der Waals surface area contributed by atoms with Gasteiger partial charge in [-0.2, -0.15) is 20.5 Å². The molecule has 0 saturated carbocycles. The van der Waals surface area contributed by atoms with E-state index in [-0.39, 0.29) is 27.2 Å². The van der Waals surface area contributed by atoms with Gasteiger partial charge in [0.25, 0.3) is 5.91 Å². The number of benzene rings is 2. The van der Waals surface area contributed by atoms with Crippen LogP contribution in [0.25, 0.3) is 10.9 Å². The maximum absolute atomic E-state index is 12.2. The van der Waals surface area contributed by atoms with Gasteiger partial charge in [-0.3, -0.25) is 14.3 Å². The highest BCUT2D eigenvalue weighted by Gasteiger charge is 2.29. The minimum Gasteiger partial charge on any atom is -0.454 e. The lowest BCUT2D eigenvalue weighted by atomic mass is 10.1. The molecule has 1 aliphatic heterocycles. The van der Waals surface area contributed by atoms with Crippen molar-refractivity contribution in [2.45, 2.75) is 6.42 Å². The molecule has 2 heterocycles. The van der Waals surface area contributed by atoms with Crippen LogP contribution in [-0.2, 0) is 16.6 Å². The molecule has 10 heteroatoms. The number of nitriles is 1. The van der Waals surface area contributed by atoms with E-state index >= 15 is 0 Å². The molecule has 144 valence electrons. The number of Topliss-reactive ketones (excluding diaryl/α,β-unsaturated/α-hetero) is 1. The number of carbonyl (C=O) groups excluding carboxylic acids is 2. The molecule has 4 rings (SSSR count). The lowest BCUT2D eigenvalue weighted by Crippen LogP contribution is -2.36. The quantitative estimate of drug-likeness (QED) is 0.590. The lowest BCUT2D eigenvalue weighted by Gasteiger charge is -2.21. The number of rotatable bonds is 3. The van der Waals surface area contributed by atoms with Crippen molar-refractivity contribution < 1.29 is 14.3 Å². The molecule has 0 spiro atoms. The van der Waals surface area contributed by atoms with Gasteiger partial charge in [0.15, 0.2) is 5.75 Å². The minimum absolute atomic E-state index is 0.136. The van der Waals surface area contributed by atoms with E-state index in [2.05, 4.69) is 10.2 Å². The molecule has 1 aliphatic rings. The van der Waals surface area contributed by atoms with Gasteiger partial charge in [-0.25, -0.2) is 0 Å². The van der Waals surface area contributed by atoms with E-state index in [4.69, 9.17) is 33.2 Å². The molecule has 0 unspecified atom stereocenters. The fourth-order valence-corrected chi connectivity index (χ4v) is 3.42. The first-order chi connectivity index (χ1) is 13.9. The zero-order valence-corrected chi connectivity index (χ0v) is 16.4. The van der Waals surface area contributed by atoms with Gasteiger partial charge in [-0.05, 0) is 30.3 Å². The van der Waals surface area contributed by atoms with Crippen LogP contribution >= 0.6 is 23.2 Å². The maximum Gasteiger partial charge on any atom is 0.255 e. The van der Waals surface area contributed by atoms with Crippen LogP contribution in [-0.4, -0.2) is 27.2 Å². The Morgan fingerprint density at radius 1 is 1.17 bits per heavy atom. The summed E-state index contributed by atoms with van der Waals surface area (Å²) < 4.78 is 7.53. The number of amides is 1. The maximum atomic E-state index is 12.2. The molecule has 0 fully saturated rings. The summed E-state index contributed by atoms with van der Waals surface area (Å²) in [6.07, 6.45) is 1.40.